The van der Waals surface area contributed by atoms with Crippen LogP contribution in [0, 0.1) is 0 Å². The van der Waals surface area contributed by atoms with E-state index in [0.29, 0.717) is 12.1 Å². The zero-order chi connectivity index (χ0) is 33.6. The van der Waals surface area contributed by atoms with Crippen LogP contribution < -0.4 is 0 Å². The molecule has 17 nitrogen and oxygen atoms in total. The lowest BCUT2D eigenvalue weighted by Gasteiger charge is -2.41. The molecule has 2 aliphatic rings. The highest BCUT2D eigenvalue weighted by Crippen LogP contribution is 2.52. The minimum absolute atomic E-state index is 0.260. The Bertz CT molecular complexity index is 1780. The van der Waals surface area contributed by atoms with Gasteiger partial charge in [0.2, 0.25) is 17.8 Å². The van der Waals surface area contributed by atoms with E-state index in [0.717, 1.165) is 18.2 Å². The Balaban J connectivity index is 1.51. The number of rotatable bonds is 3. The van der Waals surface area contributed by atoms with E-state index in [9.17, 15) is 65.4 Å². The Kier molecular flexibility index (Phi) is 8.14. The summed E-state index contributed by atoms with van der Waals surface area (Å²) in [6.07, 6.45) is -7.65. The molecule has 1 saturated heterocycles. The van der Waals surface area contributed by atoms with E-state index < -0.39 is 123 Å². The summed E-state index contributed by atoms with van der Waals surface area (Å²) < 4.78 is 21.1. The number of aromatic hydroxyl groups is 8. The number of esters is 3. The first kappa shape index (κ1) is 31.5. The van der Waals surface area contributed by atoms with Gasteiger partial charge in [0.15, 0.2) is 40.6 Å². The van der Waals surface area contributed by atoms with E-state index in [4.69, 9.17) is 18.9 Å². The Morgan fingerprint density at radius 1 is 0.739 bits per heavy atom. The average molecular weight is 644 g/mol. The summed E-state index contributed by atoms with van der Waals surface area (Å²) >= 11 is 0. The van der Waals surface area contributed by atoms with Crippen LogP contribution in [0.4, 0.5) is 0 Å². The van der Waals surface area contributed by atoms with Gasteiger partial charge in [0.25, 0.3) is 0 Å². The van der Waals surface area contributed by atoms with Crippen molar-refractivity contribution in [3.63, 3.8) is 0 Å². The largest absolute Gasteiger partial charge is 0.504 e. The summed E-state index contributed by atoms with van der Waals surface area (Å²) in [7, 11) is 0. The predicted molar refractivity (Wildman–Crippen MR) is 147 cm³/mol. The number of ether oxygens (including phenoxy) is 4. The molecule has 1 fully saturated rings. The van der Waals surface area contributed by atoms with E-state index in [-0.39, 0.29) is 5.56 Å². The Labute approximate surface area is 256 Å². The molecule has 46 heavy (non-hydrogen) atoms. The van der Waals surface area contributed by atoms with Crippen LogP contribution in [0.15, 0.2) is 36.4 Å². The summed E-state index contributed by atoms with van der Waals surface area (Å²) in [5.41, 5.74) is -3.07. The summed E-state index contributed by atoms with van der Waals surface area (Å²) in [5.74, 6) is -12.0. The third-order valence-corrected chi connectivity index (χ3v) is 7.10. The quantitative estimate of drug-likeness (QED) is 0.0798. The van der Waals surface area contributed by atoms with Crippen LogP contribution in [-0.2, 0) is 23.7 Å². The highest BCUT2D eigenvalue weighted by Gasteiger charge is 2.49. The Hall–Kier alpha value is -5.91. The van der Waals surface area contributed by atoms with Crippen molar-refractivity contribution in [2.75, 3.05) is 6.61 Å². The van der Waals surface area contributed by atoms with Gasteiger partial charge in [-0.15, -0.1) is 0 Å². The molecule has 0 radical (unpaired) electrons. The highest BCUT2D eigenvalue weighted by molar-refractivity contribution is 6.08. The van der Waals surface area contributed by atoms with Crippen molar-refractivity contribution >= 4 is 24.0 Å². The van der Waals surface area contributed by atoms with Crippen molar-refractivity contribution in [3.05, 3.63) is 53.1 Å². The lowest BCUT2D eigenvalue weighted by molar-refractivity contribution is -0.290. The number of aliphatic hydroxyl groups is 2. The molecule has 0 saturated carbocycles. The fraction of sp³-hybridized carbons (Fsp3) is 0.207. The van der Waals surface area contributed by atoms with E-state index >= 15 is 0 Å². The number of phenols is 8. The number of hydrogen-bond donors (Lipinski definition) is 10. The molecule has 2 heterocycles. The van der Waals surface area contributed by atoms with Gasteiger partial charge in [0.05, 0.1) is 11.1 Å². The molecule has 3 aromatic carbocycles. The zero-order valence-corrected chi connectivity index (χ0v) is 23.0. The molecule has 3 aromatic rings. The maximum absolute atomic E-state index is 13.4. The van der Waals surface area contributed by atoms with E-state index in [1.165, 1.54) is 12.1 Å². The van der Waals surface area contributed by atoms with Crippen LogP contribution >= 0.6 is 0 Å². The molecule has 17 heteroatoms. The second-order valence-electron chi connectivity index (χ2n) is 10.0. The highest BCUT2D eigenvalue weighted by atomic mass is 16.7. The monoisotopic (exact) mass is 644 g/mol. The second kappa shape index (κ2) is 11.9. The van der Waals surface area contributed by atoms with E-state index in [1.54, 1.807) is 0 Å². The third-order valence-electron chi connectivity index (χ3n) is 7.10. The standard InChI is InChI=1S/C29H24O17/c30-12-3-1-9(5-13(12)31)2-4-17(34)45-29-25(40)24(39)26-16(44-29)8-43-27(41)10-6-14(32)20(35)22(37)18(10)19-11(28(42)46-26)7-15(33)21(36)23(19)38/h1-7,16,24-26,29-33,35-40H,8H2/b4-2+/t16-,24-,25-,26-,29+/m1/s1. The molecule has 10 N–H and O–H groups in total. The lowest BCUT2D eigenvalue weighted by atomic mass is 9.92. The molecule has 0 aromatic heterocycles. The van der Waals surface area contributed by atoms with Crippen molar-refractivity contribution in [1.82, 2.24) is 0 Å². The van der Waals surface area contributed by atoms with Gasteiger partial charge in [-0.2, -0.15) is 0 Å². The Morgan fingerprint density at radius 3 is 1.91 bits per heavy atom. The number of hydrogen-bond acceptors (Lipinski definition) is 17. The molecule has 0 aliphatic carbocycles. The van der Waals surface area contributed by atoms with Crippen molar-refractivity contribution in [2.24, 2.45) is 0 Å². The first-order valence-electron chi connectivity index (χ1n) is 13.1. The van der Waals surface area contributed by atoms with Crippen molar-refractivity contribution in [3.8, 4) is 57.1 Å². The Morgan fingerprint density at radius 2 is 1.33 bits per heavy atom. The van der Waals surface area contributed by atoms with Gasteiger partial charge in [-0.1, -0.05) is 6.07 Å². The number of benzene rings is 3. The third kappa shape index (κ3) is 5.56. The van der Waals surface area contributed by atoms with Crippen molar-refractivity contribution in [1.29, 1.82) is 0 Å². The van der Waals surface area contributed by atoms with Gasteiger partial charge in [0, 0.05) is 17.2 Å². The lowest BCUT2D eigenvalue weighted by Crippen LogP contribution is -2.61. The van der Waals surface area contributed by atoms with Gasteiger partial charge < -0.3 is 70.0 Å². The molecule has 5 rings (SSSR count). The number of aliphatic hydroxyl groups excluding tert-OH is 2. The summed E-state index contributed by atoms with van der Waals surface area (Å²) in [6, 6.07) is 4.80. The fourth-order valence-corrected chi connectivity index (χ4v) is 4.78. The number of fused-ring (bicyclic) bond motifs is 4. The summed E-state index contributed by atoms with van der Waals surface area (Å²) in [5, 5.41) is 102. The minimum atomic E-state index is -2.09. The molecule has 5 atom stereocenters. The molecule has 2 aliphatic heterocycles. The topological polar surface area (TPSA) is 290 Å². The molecular formula is C29H24O17. The first-order valence-corrected chi connectivity index (χ1v) is 13.1. The number of carbonyl (C=O) groups is 3. The van der Waals surface area contributed by atoms with E-state index in [2.05, 4.69) is 0 Å². The summed E-state index contributed by atoms with van der Waals surface area (Å²) in [6.45, 7) is -0.891. The summed E-state index contributed by atoms with van der Waals surface area (Å²) in [4.78, 5) is 39.1. The molecule has 0 spiro atoms. The van der Waals surface area contributed by atoms with Crippen LogP contribution in [0.3, 0.4) is 0 Å². The molecule has 0 unspecified atom stereocenters. The minimum Gasteiger partial charge on any atom is -0.504 e. The van der Waals surface area contributed by atoms with Crippen molar-refractivity contribution in [2.45, 2.75) is 30.7 Å². The maximum atomic E-state index is 13.4. The first-order chi connectivity index (χ1) is 21.7. The normalized spacial score (nSPS) is 22.9. The predicted octanol–water partition coefficient (Wildman–Crippen LogP) is 0.397. The smallest absolute Gasteiger partial charge is 0.339 e. The molecule has 0 bridgehead atoms. The van der Waals surface area contributed by atoms with Gasteiger partial charge in [-0.25, -0.2) is 14.4 Å². The number of carbonyl (C=O) groups excluding carboxylic acids is 3. The van der Waals surface area contributed by atoms with Crippen molar-refractivity contribution < 1.29 is 84.4 Å². The number of phenolic OH excluding ortho intramolecular Hbond substituents is 8. The van der Waals surface area contributed by atoms with Gasteiger partial charge in [-0.3, -0.25) is 0 Å². The maximum Gasteiger partial charge on any atom is 0.339 e. The molecular weight excluding hydrogens is 620 g/mol. The van der Waals surface area contributed by atoms with Gasteiger partial charge in [-0.05, 0) is 35.9 Å². The second-order valence-corrected chi connectivity index (χ2v) is 10.0. The molecule has 0 amide bonds. The van der Waals surface area contributed by atoms with E-state index in [1.807, 2.05) is 0 Å². The van der Waals surface area contributed by atoms with Gasteiger partial charge >= 0.3 is 17.9 Å². The van der Waals surface area contributed by atoms with Crippen LogP contribution in [0.25, 0.3) is 17.2 Å². The SMILES string of the molecule is O=C(/C=C/c1ccc(O)c(O)c1)O[C@@H]1O[C@@H]2COC(=O)c3cc(O)c(O)c(O)c3-c3c(cc(O)c(O)c3O)C(=O)O[C@H]2[C@H](O)[C@H]1O. The van der Waals surface area contributed by atoms with Crippen LogP contribution in [0.5, 0.6) is 46.0 Å². The fourth-order valence-electron chi connectivity index (χ4n) is 4.78. The number of cyclic esters (lactones) is 1. The van der Waals surface area contributed by atoms with Gasteiger partial charge in [0.1, 0.15) is 24.9 Å². The van der Waals surface area contributed by atoms with Crippen LogP contribution in [0.1, 0.15) is 26.3 Å². The average Bonchev–Trinajstić information content (AvgIpc) is 3.03. The van der Waals surface area contributed by atoms with Crippen LogP contribution in [0.2, 0.25) is 0 Å². The molecule has 242 valence electrons. The van der Waals surface area contributed by atoms with Crippen LogP contribution in [-0.4, -0.2) is 106 Å². The zero-order valence-electron chi connectivity index (χ0n) is 23.0.